The molecule has 0 spiro atoms. The van der Waals surface area contributed by atoms with Crippen LogP contribution < -0.4 is 5.32 Å². The fraction of sp³-hybridized carbons (Fsp3) is 0.111. The highest BCUT2D eigenvalue weighted by Crippen LogP contribution is 2.28. The molecular formula is C18H15ClN2O2. The Morgan fingerprint density at radius 3 is 2.57 bits per heavy atom. The summed E-state index contributed by atoms with van der Waals surface area (Å²) in [5, 5.41) is 5.00. The Morgan fingerprint density at radius 1 is 1.13 bits per heavy atom. The molecule has 0 aliphatic carbocycles. The predicted molar refractivity (Wildman–Crippen MR) is 92.6 cm³/mol. The van der Waals surface area contributed by atoms with Gasteiger partial charge in [-0.3, -0.25) is 4.98 Å². The van der Waals surface area contributed by atoms with Crippen LogP contribution in [0.4, 0.5) is 11.4 Å². The molecule has 1 heterocycles. The van der Waals surface area contributed by atoms with Gasteiger partial charge in [0.15, 0.2) is 0 Å². The highest BCUT2D eigenvalue weighted by molar-refractivity contribution is 6.31. The van der Waals surface area contributed by atoms with Gasteiger partial charge in [-0.2, -0.15) is 0 Å². The number of carbonyl (C=O) groups excluding carboxylic acids is 1. The molecule has 0 radical (unpaired) electrons. The van der Waals surface area contributed by atoms with E-state index < -0.39 is 0 Å². The van der Waals surface area contributed by atoms with E-state index in [4.69, 9.17) is 16.3 Å². The quantitative estimate of drug-likeness (QED) is 0.707. The second-order valence-electron chi connectivity index (χ2n) is 5.17. The topological polar surface area (TPSA) is 51.2 Å². The Balaban J connectivity index is 1.96. The molecule has 0 saturated carbocycles. The van der Waals surface area contributed by atoms with E-state index in [0.717, 1.165) is 28.0 Å². The highest BCUT2D eigenvalue weighted by Gasteiger charge is 2.07. The first kappa shape index (κ1) is 15.3. The van der Waals surface area contributed by atoms with Gasteiger partial charge < -0.3 is 10.1 Å². The molecule has 1 aromatic heterocycles. The van der Waals surface area contributed by atoms with Crippen molar-refractivity contribution >= 4 is 39.8 Å². The van der Waals surface area contributed by atoms with Crippen LogP contribution in [0.5, 0.6) is 0 Å². The fourth-order valence-corrected chi connectivity index (χ4v) is 2.57. The van der Waals surface area contributed by atoms with Crippen molar-refractivity contribution in [3.63, 3.8) is 0 Å². The van der Waals surface area contributed by atoms with Crippen LogP contribution in [-0.4, -0.2) is 18.1 Å². The zero-order chi connectivity index (χ0) is 16.4. The number of hydrogen-bond acceptors (Lipinski definition) is 4. The van der Waals surface area contributed by atoms with Crippen molar-refractivity contribution in [3.05, 3.63) is 64.8 Å². The zero-order valence-electron chi connectivity index (χ0n) is 12.8. The standard InChI is InChI=1S/C18H15ClN2O2/c1-11-9-16(15-8-5-13(19)10-17(15)20-11)21-14-6-3-12(4-7-14)18(22)23-2/h3-10H,1-2H3,(H,20,21). The van der Waals surface area contributed by atoms with E-state index in [-0.39, 0.29) is 5.97 Å². The molecule has 0 unspecified atom stereocenters. The number of nitrogens with zero attached hydrogens (tertiary/aromatic N) is 1. The second-order valence-corrected chi connectivity index (χ2v) is 5.60. The molecule has 0 bridgehead atoms. The van der Waals surface area contributed by atoms with E-state index in [1.807, 2.05) is 43.3 Å². The number of pyridine rings is 1. The van der Waals surface area contributed by atoms with Crippen LogP contribution in [0.25, 0.3) is 10.9 Å². The Labute approximate surface area is 139 Å². The van der Waals surface area contributed by atoms with Crippen LogP contribution in [0, 0.1) is 6.92 Å². The normalized spacial score (nSPS) is 10.6. The van der Waals surface area contributed by atoms with E-state index in [1.165, 1.54) is 7.11 Å². The maximum atomic E-state index is 11.5. The molecule has 4 nitrogen and oxygen atoms in total. The number of hydrogen-bond donors (Lipinski definition) is 1. The van der Waals surface area contributed by atoms with Gasteiger partial charge in [-0.25, -0.2) is 4.79 Å². The van der Waals surface area contributed by atoms with E-state index >= 15 is 0 Å². The molecule has 0 amide bonds. The molecule has 1 N–H and O–H groups in total. The minimum atomic E-state index is -0.351. The summed E-state index contributed by atoms with van der Waals surface area (Å²) in [5.74, 6) is -0.351. The minimum Gasteiger partial charge on any atom is -0.465 e. The van der Waals surface area contributed by atoms with E-state index in [0.29, 0.717) is 10.6 Å². The number of fused-ring (bicyclic) bond motifs is 1. The van der Waals surface area contributed by atoms with Gasteiger partial charge in [-0.05, 0) is 55.5 Å². The number of nitrogens with one attached hydrogen (secondary N) is 1. The Morgan fingerprint density at radius 2 is 1.87 bits per heavy atom. The molecule has 5 heteroatoms. The van der Waals surface area contributed by atoms with Gasteiger partial charge >= 0.3 is 5.97 Å². The smallest absolute Gasteiger partial charge is 0.337 e. The van der Waals surface area contributed by atoms with Crippen LogP contribution in [0.1, 0.15) is 16.1 Å². The van der Waals surface area contributed by atoms with Crippen LogP contribution >= 0.6 is 11.6 Å². The van der Waals surface area contributed by atoms with Gasteiger partial charge in [0, 0.05) is 27.5 Å². The molecule has 2 aromatic carbocycles. The monoisotopic (exact) mass is 326 g/mol. The molecular weight excluding hydrogens is 312 g/mol. The van der Waals surface area contributed by atoms with E-state index in [9.17, 15) is 4.79 Å². The van der Waals surface area contributed by atoms with Crippen molar-refractivity contribution in [2.45, 2.75) is 6.92 Å². The summed E-state index contributed by atoms with van der Waals surface area (Å²) in [6.45, 7) is 1.94. The molecule has 0 fully saturated rings. The highest BCUT2D eigenvalue weighted by atomic mass is 35.5. The van der Waals surface area contributed by atoms with Gasteiger partial charge in [0.25, 0.3) is 0 Å². The molecule has 0 aliphatic heterocycles. The first-order valence-corrected chi connectivity index (χ1v) is 7.47. The number of esters is 1. The van der Waals surface area contributed by atoms with Crippen molar-refractivity contribution < 1.29 is 9.53 Å². The zero-order valence-corrected chi connectivity index (χ0v) is 13.5. The number of carbonyl (C=O) groups is 1. The van der Waals surface area contributed by atoms with Crippen LogP contribution in [-0.2, 0) is 4.74 Å². The summed E-state index contributed by atoms with van der Waals surface area (Å²) in [6.07, 6.45) is 0. The Kier molecular flexibility index (Phi) is 4.17. The number of benzene rings is 2. The van der Waals surface area contributed by atoms with Crippen LogP contribution in [0.2, 0.25) is 5.02 Å². The third-order valence-corrected chi connectivity index (χ3v) is 3.72. The van der Waals surface area contributed by atoms with Crippen molar-refractivity contribution in [1.82, 2.24) is 4.98 Å². The Bertz CT molecular complexity index is 871. The number of halogens is 1. The number of methoxy groups -OCH3 is 1. The molecule has 116 valence electrons. The minimum absolute atomic E-state index is 0.351. The third-order valence-electron chi connectivity index (χ3n) is 3.48. The number of aryl methyl sites for hydroxylation is 1. The van der Waals surface area contributed by atoms with Crippen molar-refractivity contribution in [2.75, 3.05) is 12.4 Å². The molecule has 0 aliphatic rings. The van der Waals surface area contributed by atoms with Gasteiger partial charge in [0.2, 0.25) is 0 Å². The van der Waals surface area contributed by atoms with Crippen LogP contribution in [0.3, 0.4) is 0 Å². The van der Waals surface area contributed by atoms with Gasteiger partial charge in [0.1, 0.15) is 0 Å². The van der Waals surface area contributed by atoms with E-state index in [1.54, 1.807) is 12.1 Å². The predicted octanol–water partition coefficient (Wildman–Crippen LogP) is 4.73. The van der Waals surface area contributed by atoms with Crippen molar-refractivity contribution in [2.24, 2.45) is 0 Å². The number of anilines is 2. The van der Waals surface area contributed by atoms with Gasteiger partial charge in [-0.1, -0.05) is 11.6 Å². The maximum Gasteiger partial charge on any atom is 0.337 e. The maximum absolute atomic E-state index is 11.5. The molecule has 23 heavy (non-hydrogen) atoms. The molecule has 0 atom stereocenters. The summed E-state index contributed by atoms with van der Waals surface area (Å²) in [4.78, 5) is 16.0. The molecule has 3 aromatic rings. The lowest BCUT2D eigenvalue weighted by Crippen LogP contribution is -2.01. The summed E-state index contributed by atoms with van der Waals surface area (Å²) in [5.41, 5.74) is 4.06. The van der Waals surface area contributed by atoms with Gasteiger partial charge in [0.05, 0.1) is 18.2 Å². The average Bonchev–Trinajstić information content (AvgIpc) is 2.54. The van der Waals surface area contributed by atoms with Crippen molar-refractivity contribution in [3.8, 4) is 0 Å². The average molecular weight is 327 g/mol. The lowest BCUT2D eigenvalue weighted by atomic mass is 10.1. The number of aromatic nitrogens is 1. The largest absolute Gasteiger partial charge is 0.465 e. The first-order chi connectivity index (χ1) is 11.1. The summed E-state index contributed by atoms with van der Waals surface area (Å²) in [6, 6.07) is 14.7. The van der Waals surface area contributed by atoms with E-state index in [2.05, 4.69) is 10.3 Å². The molecule has 3 rings (SSSR count). The Hall–Kier alpha value is -2.59. The fourth-order valence-electron chi connectivity index (χ4n) is 2.40. The second kappa shape index (κ2) is 6.26. The van der Waals surface area contributed by atoms with Crippen molar-refractivity contribution in [1.29, 1.82) is 0 Å². The molecule has 0 saturated heterocycles. The summed E-state index contributed by atoms with van der Waals surface area (Å²) in [7, 11) is 1.37. The SMILES string of the molecule is COC(=O)c1ccc(Nc2cc(C)nc3cc(Cl)ccc23)cc1. The summed E-state index contributed by atoms with van der Waals surface area (Å²) < 4.78 is 4.70. The lowest BCUT2D eigenvalue weighted by Gasteiger charge is -2.11. The third kappa shape index (κ3) is 3.27. The number of rotatable bonds is 3. The lowest BCUT2D eigenvalue weighted by molar-refractivity contribution is 0.0601. The van der Waals surface area contributed by atoms with Crippen LogP contribution in [0.15, 0.2) is 48.5 Å². The first-order valence-electron chi connectivity index (χ1n) is 7.09. The summed E-state index contributed by atoms with van der Waals surface area (Å²) >= 11 is 6.04. The number of ether oxygens (including phenoxy) is 1. The van der Waals surface area contributed by atoms with Gasteiger partial charge in [-0.15, -0.1) is 0 Å².